The number of hydrogen-bond donors (Lipinski definition) is 3. The Morgan fingerprint density at radius 3 is 3.00 bits per heavy atom. The van der Waals surface area contributed by atoms with Gasteiger partial charge in [-0.05, 0) is 18.2 Å². The lowest BCUT2D eigenvalue weighted by atomic mass is 10.2. The van der Waals surface area contributed by atoms with Crippen molar-refractivity contribution in [1.29, 1.82) is 0 Å². The monoisotopic (exact) mass is 282 g/mol. The van der Waals surface area contributed by atoms with Crippen molar-refractivity contribution in [2.24, 2.45) is 5.73 Å². The summed E-state index contributed by atoms with van der Waals surface area (Å²) in [5.41, 5.74) is 5.81. The molecule has 4 N–H and O–H groups in total. The molecule has 1 amide bonds. The fourth-order valence-corrected chi connectivity index (χ4v) is 1.41. The van der Waals surface area contributed by atoms with Crippen LogP contribution in [0.2, 0.25) is 0 Å². The van der Waals surface area contributed by atoms with Crippen molar-refractivity contribution in [2.45, 2.75) is 12.5 Å². The van der Waals surface area contributed by atoms with E-state index in [2.05, 4.69) is 27.2 Å². The standard InChI is InChI=1S/C11H11BrN2O2/c1-2-3-8(13)11(16)14-9-6-7(12)4-5-10(9)15/h1,4-6,8,15H,3,13H2,(H,14,16). The van der Waals surface area contributed by atoms with E-state index in [1.165, 1.54) is 6.07 Å². The quantitative estimate of drug-likeness (QED) is 0.580. The molecule has 1 aromatic carbocycles. The lowest BCUT2D eigenvalue weighted by molar-refractivity contribution is -0.117. The summed E-state index contributed by atoms with van der Waals surface area (Å²) in [4.78, 5) is 11.5. The number of nitrogens with one attached hydrogen (secondary N) is 1. The molecule has 0 fully saturated rings. The number of nitrogens with two attached hydrogens (primary N) is 1. The highest BCUT2D eigenvalue weighted by Crippen LogP contribution is 2.26. The first kappa shape index (κ1) is 12.6. The number of carbonyl (C=O) groups is 1. The second kappa shape index (κ2) is 5.54. The smallest absolute Gasteiger partial charge is 0.242 e. The first-order valence-electron chi connectivity index (χ1n) is 4.53. The minimum atomic E-state index is -0.775. The van der Waals surface area contributed by atoms with Crippen molar-refractivity contribution in [3.63, 3.8) is 0 Å². The van der Waals surface area contributed by atoms with Crippen molar-refractivity contribution in [1.82, 2.24) is 0 Å². The van der Waals surface area contributed by atoms with E-state index in [1.54, 1.807) is 12.1 Å². The number of phenols is 1. The van der Waals surface area contributed by atoms with Crippen LogP contribution in [-0.2, 0) is 4.79 Å². The zero-order valence-corrected chi connectivity index (χ0v) is 9.99. The van der Waals surface area contributed by atoms with Crippen LogP contribution in [0, 0.1) is 12.3 Å². The summed E-state index contributed by atoms with van der Waals surface area (Å²) in [6.07, 6.45) is 5.20. The van der Waals surface area contributed by atoms with Crippen molar-refractivity contribution < 1.29 is 9.90 Å². The SMILES string of the molecule is C#CCC(N)C(=O)Nc1cc(Br)ccc1O. The Kier molecular flexibility index (Phi) is 4.35. The summed E-state index contributed by atoms with van der Waals surface area (Å²) in [5, 5.41) is 12.0. The van der Waals surface area contributed by atoms with Gasteiger partial charge in [0.1, 0.15) is 5.75 Å². The van der Waals surface area contributed by atoms with Crippen LogP contribution in [0.15, 0.2) is 22.7 Å². The Labute approximate surface area is 102 Å². The van der Waals surface area contributed by atoms with Gasteiger partial charge in [-0.15, -0.1) is 12.3 Å². The van der Waals surface area contributed by atoms with E-state index in [0.29, 0.717) is 5.69 Å². The fraction of sp³-hybridized carbons (Fsp3) is 0.182. The van der Waals surface area contributed by atoms with Crippen LogP contribution in [0.3, 0.4) is 0 Å². The number of rotatable bonds is 3. The predicted octanol–water partition coefficient (Wildman–Crippen LogP) is 1.44. The van der Waals surface area contributed by atoms with Gasteiger partial charge in [-0.25, -0.2) is 0 Å². The minimum absolute atomic E-state index is 0.0237. The van der Waals surface area contributed by atoms with Crippen LogP contribution < -0.4 is 11.1 Å². The van der Waals surface area contributed by atoms with Crippen molar-refractivity contribution >= 4 is 27.5 Å². The normalized spacial score (nSPS) is 11.6. The number of benzene rings is 1. The Morgan fingerprint density at radius 2 is 2.38 bits per heavy atom. The maximum atomic E-state index is 11.5. The highest BCUT2D eigenvalue weighted by Gasteiger charge is 2.13. The molecule has 1 unspecified atom stereocenters. The van der Waals surface area contributed by atoms with Gasteiger partial charge in [0.25, 0.3) is 0 Å². The molecule has 0 saturated carbocycles. The largest absolute Gasteiger partial charge is 0.506 e. The molecule has 0 aliphatic heterocycles. The Balaban J connectivity index is 2.77. The van der Waals surface area contributed by atoms with E-state index in [-0.39, 0.29) is 12.2 Å². The molecule has 0 radical (unpaired) electrons. The van der Waals surface area contributed by atoms with E-state index in [1.807, 2.05) is 0 Å². The van der Waals surface area contributed by atoms with Crippen molar-refractivity contribution in [3.8, 4) is 18.1 Å². The number of hydrogen-bond acceptors (Lipinski definition) is 3. The summed E-state index contributed by atoms with van der Waals surface area (Å²) in [5.74, 6) is 1.85. The Hall–Kier alpha value is -1.51. The molecule has 0 bridgehead atoms. The van der Waals surface area contributed by atoms with Crippen molar-refractivity contribution in [3.05, 3.63) is 22.7 Å². The average Bonchev–Trinajstić information content (AvgIpc) is 2.23. The zero-order valence-electron chi connectivity index (χ0n) is 8.40. The van der Waals surface area contributed by atoms with E-state index in [9.17, 15) is 9.90 Å². The molecular formula is C11H11BrN2O2. The summed E-state index contributed by atoms with van der Waals surface area (Å²) in [6.45, 7) is 0. The summed E-state index contributed by atoms with van der Waals surface area (Å²) in [7, 11) is 0. The van der Waals surface area contributed by atoms with Crippen LogP contribution in [0.1, 0.15) is 6.42 Å². The minimum Gasteiger partial charge on any atom is -0.506 e. The molecule has 0 aliphatic carbocycles. The van der Waals surface area contributed by atoms with Gasteiger partial charge in [-0.2, -0.15) is 0 Å². The summed E-state index contributed by atoms with van der Waals surface area (Å²) in [6, 6.07) is 3.93. The third kappa shape index (κ3) is 3.26. The van der Waals surface area contributed by atoms with Gasteiger partial charge in [0.2, 0.25) is 5.91 Å². The Bertz CT molecular complexity index is 440. The summed E-state index contributed by atoms with van der Waals surface area (Å²) >= 11 is 3.23. The predicted molar refractivity (Wildman–Crippen MR) is 65.9 cm³/mol. The number of amides is 1. The number of phenolic OH excluding ortho intramolecular Hbond substituents is 1. The molecule has 5 heteroatoms. The van der Waals surface area contributed by atoms with Crippen LogP contribution in [0.5, 0.6) is 5.75 Å². The maximum Gasteiger partial charge on any atom is 0.242 e. The van der Waals surface area contributed by atoms with Gasteiger partial charge in [0.05, 0.1) is 11.7 Å². The third-order valence-corrected chi connectivity index (χ3v) is 2.38. The summed E-state index contributed by atoms with van der Waals surface area (Å²) < 4.78 is 0.742. The van der Waals surface area contributed by atoms with Crippen molar-refractivity contribution in [2.75, 3.05) is 5.32 Å². The first-order valence-corrected chi connectivity index (χ1v) is 5.32. The number of terminal acetylenes is 1. The van der Waals surface area contributed by atoms with Crippen LogP contribution in [0.25, 0.3) is 0 Å². The third-order valence-electron chi connectivity index (χ3n) is 1.89. The van der Waals surface area contributed by atoms with Gasteiger partial charge in [0, 0.05) is 10.9 Å². The molecule has 84 valence electrons. The molecule has 1 atom stereocenters. The first-order chi connectivity index (χ1) is 7.54. The maximum absolute atomic E-state index is 11.5. The van der Waals surface area contributed by atoms with E-state index in [0.717, 1.165) is 4.47 Å². The van der Waals surface area contributed by atoms with Crippen LogP contribution in [-0.4, -0.2) is 17.1 Å². The molecule has 1 rings (SSSR count). The molecular weight excluding hydrogens is 272 g/mol. The van der Waals surface area contributed by atoms with Gasteiger partial charge < -0.3 is 16.2 Å². The highest BCUT2D eigenvalue weighted by atomic mass is 79.9. The molecule has 0 saturated heterocycles. The van der Waals surface area contributed by atoms with Crippen LogP contribution >= 0.6 is 15.9 Å². The lowest BCUT2D eigenvalue weighted by Crippen LogP contribution is -2.35. The number of aromatic hydroxyl groups is 1. The molecule has 0 heterocycles. The van der Waals surface area contributed by atoms with Gasteiger partial charge in [-0.1, -0.05) is 15.9 Å². The molecule has 0 spiro atoms. The van der Waals surface area contributed by atoms with Gasteiger partial charge in [0.15, 0.2) is 0 Å². The average molecular weight is 283 g/mol. The number of anilines is 1. The van der Waals surface area contributed by atoms with E-state index < -0.39 is 11.9 Å². The number of halogens is 1. The van der Waals surface area contributed by atoms with Gasteiger partial charge >= 0.3 is 0 Å². The second-order valence-corrected chi connectivity index (χ2v) is 4.08. The molecule has 1 aromatic rings. The lowest BCUT2D eigenvalue weighted by Gasteiger charge is -2.11. The topological polar surface area (TPSA) is 75.4 Å². The van der Waals surface area contributed by atoms with Gasteiger partial charge in [-0.3, -0.25) is 4.79 Å². The molecule has 16 heavy (non-hydrogen) atoms. The van der Waals surface area contributed by atoms with Crippen LogP contribution in [0.4, 0.5) is 5.69 Å². The Morgan fingerprint density at radius 1 is 1.69 bits per heavy atom. The fourth-order valence-electron chi connectivity index (χ4n) is 1.05. The zero-order chi connectivity index (χ0) is 12.1. The number of carbonyl (C=O) groups excluding carboxylic acids is 1. The van der Waals surface area contributed by atoms with E-state index in [4.69, 9.17) is 12.2 Å². The van der Waals surface area contributed by atoms with E-state index >= 15 is 0 Å². The molecule has 0 aliphatic rings. The molecule has 4 nitrogen and oxygen atoms in total. The highest BCUT2D eigenvalue weighted by molar-refractivity contribution is 9.10. The molecule has 0 aromatic heterocycles. The second-order valence-electron chi connectivity index (χ2n) is 3.17.